The van der Waals surface area contributed by atoms with E-state index in [1.54, 1.807) is 0 Å². The van der Waals surface area contributed by atoms with Gasteiger partial charge in [0.05, 0.1) is 0 Å². The predicted octanol–water partition coefficient (Wildman–Crippen LogP) is 12.9. The van der Waals surface area contributed by atoms with Crippen LogP contribution in [0.25, 0.3) is 0 Å². The smallest absolute Gasteiger partial charge is 0.0285 e. The zero-order chi connectivity index (χ0) is 30.2. The van der Waals surface area contributed by atoms with E-state index in [0.29, 0.717) is 0 Å². The van der Waals surface area contributed by atoms with Crippen LogP contribution < -0.4 is 0 Å². The molecule has 0 radical (unpaired) electrons. The molecule has 0 atom stereocenters. The van der Waals surface area contributed by atoms with Crippen molar-refractivity contribution in [1.29, 1.82) is 0 Å². The largest absolute Gasteiger partial charge is 0.0856 e. The molecule has 0 nitrogen and oxygen atoms in total. The lowest BCUT2D eigenvalue weighted by Crippen LogP contribution is -1.76. The fraction of sp³-hybridized carbons (Fsp3) is 0.350. The van der Waals surface area contributed by atoms with Crippen molar-refractivity contribution in [2.45, 2.75) is 94.9 Å². The highest BCUT2D eigenvalue weighted by Gasteiger charge is 1.88. The fourth-order valence-electron chi connectivity index (χ4n) is 3.41. The third kappa shape index (κ3) is 24.9. The highest BCUT2D eigenvalue weighted by molar-refractivity contribution is 5.32. The van der Waals surface area contributed by atoms with Crippen molar-refractivity contribution in [2.75, 3.05) is 0 Å². The first-order chi connectivity index (χ1) is 19.0. The van der Waals surface area contributed by atoms with Crippen LogP contribution in [0.15, 0.2) is 154 Å². The van der Waals surface area contributed by atoms with Gasteiger partial charge in [0.25, 0.3) is 0 Å². The molecule has 0 aliphatic heterocycles. The molecule has 0 unspecified atom stereocenters. The Bertz CT molecular complexity index is 1050. The Hall–Kier alpha value is -3.38. The number of allylic oxidation sites excluding steroid dienone is 26. The molecule has 0 heteroatoms. The standard InChI is InChI=1S/C40H56/c1-33(2)19-13-23-37(7)27-17-31-39(9)29-15-25-35(5)21-11-12-22-36(6)26-16-30-40(10)32-18-28-38(8)24-14-20-34(3)4/h11-12,15-22,25-32H,13-14,23-24H2,1-10H3/b12-11+,25-15+,26-16+,31-17+,32-18+,35-21+,36-22+,37-27+,38-28+,39-29-,40-30+. The summed E-state index contributed by atoms with van der Waals surface area (Å²) in [4.78, 5) is 0. The van der Waals surface area contributed by atoms with Crippen molar-refractivity contribution in [1.82, 2.24) is 0 Å². The Labute approximate surface area is 248 Å². The summed E-state index contributed by atoms with van der Waals surface area (Å²) >= 11 is 0. The van der Waals surface area contributed by atoms with Crippen LogP contribution in [0.4, 0.5) is 0 Å². The third-order valence-electron chi connectivity index (χ3n) is 5.93. The molecule has 0 N–H and O–H groups in total. The lowest BCUT2D eigenvalue weighted by atomic mass is 10.1. The van der Waals surface area contributed by atoms with Crippen molar-refractivity contribution < 1.29 is 0 Å². The minimum Gasteiger partial charge on any atom is -0.0856 e. The van der Waals surface area contributed by atoms with E-state index in [0.717, 1.165) is 25.7 Å². The maximum absolute atomic E-state index is 2.30. The Morgan fingerprint density at radius 2 is 0.625 bits per heavy atom. The van der Waals surface area contributed by atoms with E-state index in [1.165, 1.54) is 44.6 Å². The number of rotatable bonds is 16. The van der Waals surface area contributed by atoms with E-state index in [1.807, 2.05) is 0 Å². The predicted molar refractivity (Wildman–Crippen MR) is 186 cm³/mol. The molecule has 0 rings (SSSR count). The van der Waals surface area contributed by atoms with Crippen LogP contribution in [0.2, 0.25) is 0 Å². The lowest BCUT2D eigenvalue weighted by molar-refractivity contribution is 0.967. The lowest BCUT2D eigenvalue weighted by Gasteiger charge is -1.96. The summed E-state index contributed by atoms with van der Waals surface area (Å²) in [7, 11) is 0. The highest BCUT2D eigenvalue weighted by Crippen LogP contribution is 2.09. The van der Waals surface area contributed by atoms with Crippen molar-refractivity contribution in [3.05, 3.63) is 154 Å². The van der Waals surface area contributed by atoms with Crippen LogP contribution in [0.1, 0.15) is 94.9 Å². The quantitative estimate of drug-likeness (QED) is 0.136. The van der Waals surface area contributed by atoms with Crippen LogP contribution >= 0.6 is 0 Å². The Morgan fingerprint density at radius 3 is 0.925 bits per heavy atom. The molecule has 0 aromatic carbocycles. The first kappa shape index (κ1) is 36.6. The second kappa shape index (κ2) is 23.5. The van der Waals surface area contributed by atoms with Gasteiger partial charge in [-0.05, 0) is 94.9 Å². The van der Waals surface area contributed by atoms with E-state index in [2.05, 4.69) is 179 Å². The molecule has 40 heavy (non-hydrogen) atoms. The fourth-order valence-corrected chi connectivity index (χ4v) is 3.41. The molecule has 0 heterocycles. The van der Waals surface area contributed by atoms with Crippen molar-refractivity contribution >= 4 is 0 Å². The average molecular weight is 537 g/mol. The highest BCUT2D eigenvalue weighted by atomic mass is 13.9. The third-order valence-corrected chi connectivity index (χ3v) is 5.93. The summed E-state index contributed by atoms with van der Waals surface area (Å²) in [5.74, 6) is 0. The molecule has 0 bridgehead atoms. The topological polar surface area (TPSA) is 0 Å². The normalized spacial score (nSPS) is 15.1. The summed E-state index contributed by atoms with van der Waals surface area (Å²) in [6.45, 7) is 21.5. The zero-order valence-corrected chi connectivity index (χ0v) is 27.2. The van der Waals surface area contributed by atoms with Gasteiger partial charge in [0.1, 0.15) is 0 Å². The summed E-state index contributed by atoms with van der Waals surface area (Å²) in [6, 6.07) is 0. The van der Waals surface area contributed by atoms with Crippen LogP contribution in [-0.2, 0) is 0 Å². The van der Waals surface area contributed by atoms with E-state index >= 15 is 0 Å². The first-order valence-electron chi connectivity index (χ1n) is 14.7. The minimum atomic E-state index is 1.12. The molecular formula is C40H56. The van der Waals surface area contributed by atoms with E-state index in [9.17, 15) is 0 Å². The summed E-state index contributed by atoms with van der Waals surface area (Å²) in [5, 5.41) is 0. The van der Waals surface area contributed by atoms with Gasteiger partial charge >= 0.3 is 0 Å². The molecule has 0 amide bonds. The van der Waals surface area contributed by atoms with Gasteiger partial charge < -0.3 is 0 Å². The molecule has 216 valence electrons. The Morgan fingerprint density at radius 1 is 0.350 bits per heavy atom. The molecule has 0 aliphatic rings. The summed E-state index contributed by atoms with van der Waals surface area (Å²) < 4.78 is 0. The number of hydrogen-bond donors (Lipinski definition) is 0. The maximum atomic E-state index is 2.30. The summed E-state index contributed by atoms with van der Waals surface area (Å²) in [5.41, 5.74) is 10.5. The number of hydrogen-bond acceptors (Lipinski definition) is 0. The van der Waals surface area contributed by atoms with E-state index in [-0.39, 0.29) is 0 Å². The van der Waals surface area contributed by atoms with Crippen LogP contribution in [0.3, 0.4) is 0 Å². The minimum absolute atomic E-state index is 1.12. The SMILES string of the molecule is CC(C)=CCC/C(C)=C/C=C/C(C)=C\C=C\C(C)=C\C=C\C=C(C)\C=C\C=C(C)\C=C\C=C(/C)CCC=C(C)C. The Kier molecular flexibility index (Phi) is 21.5. The van der Waals surface area contributed by atoms with Crippen molar-refractivity contribution in [2.24, 2.45) is 0 Å². The second-order valence-corrected chi connectivity index (χ2v) is 11.1. The average Bonchev–Trinajstić information content (AvgIpc) is 2.86. The van der Waals surface area contributed by atoms with Gasteiger partial charge in [-0.3, -0.25) is 0 Å². The Balaban J connectivity index is 4.70. The van der Waals surface area contributed by atoms with E-state index in [4.69, 9.17) is 0 Å². The molecule has 0 fully saturated rings. The van der Waals surface area contributed by atoms with Gasteiger partial charge in [-0.15, -0.1) is 0 Å². The van der Waals surface area contributed by atoms with Gasteiger partial charge in [-0.25, -0.2) is 0 Å². The van der Waals surface area contributed by atoms with Crippen LogP contribution in [0, 0.1) is 0 Å². The van der Waals surface area contributed by atoms with Gasteiger partial charge in [0.15, 0.2) is 0 Å². The first-order valence-corrected chi connectivity index (χ1v) is 14.7. The molecule has 0 aromatic rings. The van der Waals surface area contributed by atoms with E-state index < -0.39 is 0 Å². The van der Waals surface area contributed by atoms with Crippen molar-refractivity contribution in [3.63, 3.8) is 0 Å². The second-order valence-electron chi connectivity index (χ2n) is 11.1. The van der Waals surface area contributed by atoms with Gasteiger partial charge in [0, 0.05) is 0 Å². The van der Waals surface area contributed by atoms with Crippen LogP contribution in [0.5, 0.6) is 0 Å². The molecular weight excluding hydrogens is 480 g/mol. The maximum Gasteiger partial charge on any atom is -0.0285 e. The molecule has 0 spiro atoms. The summed E-state index contributed by atoms with van der Waals surface area (Å²) in [6.07, 6.45) is 43.3. The zero-order valence-electron chi connectivity index (χ0n) is 27.2. The molecule has 0 saturated carbocycles. The van der Waals surface area contributed by atoms with Gasteiger partial charge in [-0.1, -0.05) is 154 Å². The van der Waals surface area contributed by atoms with Crippen molar-refractivity contribution in [3.8, 4) is 0 Å². The monoisotopic (exact) mass is 536 g/mol. The molecule has 0 aliphatic carbocycles. The molecule has 0 saturated heterocycles. The van der Waals surface area contributed by atoms with Gasteiger partial charge in [-0.2, -0.15) is 0 Å². The van der Waals surface area contributed by atoms with Gasteiger partial charge in [0.2, 0.25) is 0 Å². The molecule has 0 aromatic heterocycles. The van der Waals surface area contributed by atoms with Crippen LogP contribution in [-0.4, -0.2) is 0 Å².